The van der Waals surface area contributed by atoms with Crippen molar-refractivity contribution >= 4 is 11.9 Å². The number of hydrogen-bond donors (Lipinski definition) is 2. The molecule has 0 aromatic heterocycles. The van der Waals surface area contributed by atoms with Gasteiger partial charge in [0.05, 0.1) is 12.1 Å². The highest BCUT2D eigenvalue weighted by Crippen LogP contribution is 2.31. The zero-order valence-corrected chi connectivity index (χ0v) is 13.4. The van der Waals surface area contributed by atoms with Gasteiger partial charge in [0.1, 0.15) is 6.04 Å². The summed E-state index contributed by atoms with van der Waals surface area (Å²) in [5.41, 5.74) is 6.01. The van der Waals surface area contributed by atoms with Crippen LogP contribution in [0.5, 0.6) is 0 Å². The summed E-state index contributed by atoms with van der Waals surface area (Å²) in [4.78, 5) is 18.7. The van der Waals surface area contributed by atoms with Crippen LogP contribution in [0.1, 0.15) is 70.6 Å². The summed E-state index contributed by atoms with van der Waals surface area (Å²) in [6.07, 6.45) is 11.7. The second-order valence-corrected chi connectivity index (χ2v) is 7.21. The van der Waals surface area contributed by atoms with E-state index in [1.54, 1.807) is 4.90 Å². The Labute approximate surface area is 133 Å². The number of nitrogens with two attached hydrogens (primary N) is 1. The van der Waals surface area contributed by atoms with E-state index < -0.39 is 6.10 Å². The molecule has 0 aromatic carbocycles. The Hall–Kier alpha value is -1.10. The number of aliphatic hydroxyl groups excluding tert-OH is 1. The standard InChI is InChI=1S/C17H29N3O2/c18-17-19-13(11-10-12-6-2-1-3-7-12)16(22)20(17)14-8-4-5-9-15(14)21/h12-15,21H,1-11H2,(H2,18,19)/t13?,14-,15+/m1/s1. The van der Waals surface area contributed by atoms with E-state index in [0.29, 0.717) is 5.96 Å². The molecule has 3 N–H and O–H groups in total. The fourth-order valence-corrected chi connectivity index (χ4v) is 4.33. The summed E-state index contributed by atoms with van der Waals surface area (Å²) in [7, 11) is 0. The van der Waals surface area contributed by atoms with Gasteiger partial charge >= 0.3 is 0 Å². The Morgan fingerprint density at radius 2 is 1.73 bits per heavy atom. The first-order chi connectivity index (χ1) is 10.7. The minimum Gasteiger partial charge on any atom is -0.391 e. The monoisotopic (exact) mass is 307 g/mol. The van der Waals surface area contributed by atoms with E-state index >= 15 is 0 Å². The first-order valence-electron chi connectivity index (χ1n) is 9.01. The Balaban J connectivity index is 1.57. The SMILES string of the molecule is NC1=NC(CCC2CCCCC2)C(=O)N1[C@@H]1CCCC[C@@H]1O. The molecule has 0 bridgehead atoms. The minimum absolute atomic E-state index is 0.0132. The topological polar surface area (TPSA) is 78.9 Å². The highest BCUT2D eigenvalue weighted by Gasteiger charge is 2.41. The van der Waals surface area contributed by atoms with Gasteiger partial charge in [0, 0.05) is 0 Å². The lowest BCUT2D eigenvalue weighted by molar-refractivity contribution is -0.131. The average Bonchev–Trinajstić information content (AvgIpc) is 2.81. The smallest absolute Gasteiger partial charge is 0.254 e. The quantitative estimate of drug-likeness (QED) is 0.835. The van der Waals surface area contributed by atoms with E-state index in [-0.39, 0.29) is 18.0 Å². The number of hydrogen-bond acceptors (Lipinski definition) is 4. The summed E-state index contributed by atoms with van der Waals surface area (Å²) < 4.78 is 0. The lowest BCUT2D eigenvalue weighted by Gasteiger charge is -2.34. The molecule has 0 saturated heterocycles. The molecule has 3 atom stereocenters. The molecular weight excluding hydrogens is 278 g/mol. The number of rotatable bonds is 4. The molecule has 2 aliphatic carbocycles. The van der Waals surface area contributed by atoms with Crippen LogP contribution in [-0.2, 0) is 4.79 Å². The molecular formula is C17H29N3O2. The van der Waals surface area contributed by atoms with Gasteiger partial charge in [-0.25, -0.2) is 4.99 Å². The summed E-state index contributed by atoms with van der Waals surface area (Å²) in [5.74, 6) is 1.09. The van der Waals surface area contributed by atoms with Gasteiger partial charge in [-0.15, -0.1) is 0 Å². The first kappa shape index (κ1) is 15.8. The molecule has 1 unspecified atom stereocenters. The Morgan fingerprint density at radius 3 is 2.45 bits per heavy atom. The summed E-state index contributed by atoms with van der Waals surface area (Å²) in [6, 6.07) is -0.472. The van der Waals surface area contributed by atoms with Gasteiger partial charge in [0.2, 0.25) is 0 Å². The van der Waals surface area contributed by atoms with Crippen molar-refractivity contribution in [3.8, 4) is 0 Å². The van der Waals surface area contributed by atoms with Crippen LogP contribution in [0.15, 0.2) is 4.99 Å². The normalized spacial score (nSPS) is 34.0. The molecule has 2 fully saturated rings. The Kier molecular flexibility index (Phi) is 5.01. The van der Waals surface area contributed by atoms with Crippen molar-refractivity contribution in [2.24, 2.45) is 16.6 Å². The van der Waals surface area contributed by atoms with Gasteiger partial charge in [-0.05, 0) is 31.6 Å². The third kappa shape index (κ3) is 3.29. The predicted octanol–water partition coefficient (Wildman–Crippen LogP) is 2.18. The summed E-state index contributed by atoms with van der Waals surface area (Å²) in [5, 5.41) is 10.2. The van der Waals surface area contributed by atoms with Crippen molar-refractivity contribution in [2.75, 3.05) is 0 Å². The van der Waals surface area contributed by atoms with Crippen LogP contribution in [0.2, 0.25) is 0 Å². The van der Waals surface area contributed by atoms with E-state index in [0.717, 1.165) is 44.4 Å². The van der Waals surface area contributed by atoms with Crippen molar-refractivity contribution in [2.45, 2.75) is 88.8 Å². The van der Waals surface area contributed by atoms with Crippen LogP contribution in [-0.4, -0.2) is 40.1 Å². The number of carbonyl (C=O) groups excluding carboxylic acids is 1. The van der Waals surface area contributed by atoms with Crippen LogP contribution >= 0.6 is 0 Å². The van der Waals surface area contributed by atoms with Crippen LogP contribution < -0.4 is 5.73 Å². The maximum absolute atomic E-state index is 12.7. The van der Waals surface area contributed by atoms with E-state index in [2.05, 4.69) is 4.99 Å². The minimum atomic E-state index is -0.455. The van der Waals surface area contributed by atoms with Crippen LogP contribution in [0, 0.1) is 5.92 Å². The molecule has 124 valence electrons. The second-order valence-electron chi connectivity index (χ2n) is 7.21. The molecule has 0 radical (unpaired) electrons. The van der Waals surface area contributed by atoms with Crippen LogP contribution in [0.25, 0.3) is 0 Å². The summed E-state index contributed by atoms with van der Waals surface area (Å²) in [6.45, 7) is 0. The van der Waals surface area contributed by atoms with Crippen LogP contribution in [0.3, 0.4) is 0 Å². The van der Waals surface area contributed by atoms with Crippen molar-refractivity contribution in [1.29, 1.82) is 0 Å². The van der Waals surface area contributed by atoms with E-state index in [9.17, 15) is 9.90 Å². The van der Waals surface area contributed by atoms with E-state index in [1.165, 1.54) is 32.1 Å². The van der Waals surface area contributed by atoms with Gasteiger partial charge in [-0.3, -0.25) is 9.69 Å². The molecule has 1 heterocycles. The maximum Gasteiger partial charge on any atom is 0.254 e. The molecule has 5 nitrogen and oxygen atoms in total. The van der Waals surface area contributed by atoms with Crippen molar-refractivity contribution in [3.05, 3.63) is 0 Å². The average molecular weight is 307 g/mol. The summed E-state index contributed by atoms with van der Waals surface area (Å²) >= 11 is 0. The molecule has 3 aliphatic rings. The first-order valence-corrected chi connectivity index (χ1v) is 9.01. The molecule has 0 spiro atoms. The highest BCUT2D eigenvalue weighted by molar-refractivity contribution is 6.04. The van der Waals surface area contributed by atoms with Crippen molar-refractivity contribution in [3.63, 3.8) is 0 Å². The number of amides is 1. The number of aliphatic imine (C=N–C) groups is 1. The Bertz CT molecular complexity index is 432. The van der Waals surface area contributed by atoms with Crippen molar-refractivity contribution in [1.82, 2.24) is 4.90 Å². The largest absolute Gasteiger partial charge is 0.391 e. The predicted molar refractivity (Wildman–Crippen MR) is 86.3 cm³/mol. The lowest BCUT2D eigenvalue weighted by Crippen LogP contribution is -2.52. The molecule has 2 saturated carbocycles. The highest BCUT2D eigenvalue weighted by atomic mass is 16.3. The number of carbonyl (C=O) groups is 1. The molecule has 3 rings (SSSR count). The molecule has 1 amide bonds. The fourth-order valence-electron chi connectivity index (χ4n) is 4.33. The van der Waals surface area contributed by atoms with Gasteiger partial charge in [-0.2, -0.15) is 0 Å². The molecule has 1 aliphatic heterocycles. The molecule has 22 heavy (non-hydrogen) atoms. The lowest BCUT2D eigenvalue weighted by atomic mass is 9.85. The molecule has 5 heteroatoms. The van der Waals surface area contributed by atoms with E-state index in [1.807, 2.05) is 0 Å². The molecule has 0 aromatic rings. The van der Waals surface area contributed by atoms with Gasteiger partial charge in [0.25, 0.3) is 5.91 Å². The number of nitrogens with zero attached hydrogens (tertiary/aromatic N) is 2. The Morgan fingerprint density at radius 1 is 1.05 bits per heavy atom. The zero-order chi connectivity index (χ0) is 15.5. The van der Waals surface area contributed by atoms with Crippen LogP contribution in [0.4, 0.5) is 0 Å². The maximum atomic E-state index is 12.7. The van der Waals surface area contributed by atoms with Gasteiger partial charge < -0.3 is 10.8 Å². The number of guanidine groups is 1. The third-order valence-electron chi connectivity index (χ3n) is 5.66. The van der Waals surface area contributed by atoms with Gasteiger partial charge in [0.15, 0.2) is 5.96 Å². The fraction of sp³-hybridized carbons (Fsp3) is 0.882. The zero-order valence-electron chi connectivity index (χ0n) is 13.4. The van der Waals surface area contributed by atoms with E-state index in [4.69, 9.17) is 5.73 Å². The van der Waals surface area contributed by atoms with Crippen molar-refractivity contribution < 1.29 is 9.90 Å². The second kappa shape index (κ2) is 6.99. The van der Waals surface area contributed by atoms with Gasteiger partial charge in [-0.1, -0.05) is 44.9 Å². The number of aliphatic hydroxyl groups is 1. The third-order valence-corrected chi connectivity index (χ3v) is 5.66.